The van der Waals surface area contributed by atoms with Crippen LogP contribution in [0.2, 0.25) is 5.15 Å². The highest BCUT2D eigenvalue weighted by atomic mass is 35.5. The molecule has 0 saturated heterocycles. The van der Waals surface area contributed by atoms with Gasteiger partial charge in [0, 0.05) is 24.1 Å². The molecule has 0 radical (unpaired) electrons. The Balaban J connectivity index is 1.59. The van der Waals surface area contributed by atoms with Gasteiger partial charge in [0.05, 0.1) is 20.8 Å². The third kappa shape index (κ3) is 2.72. The van der Waals surface area contributed by atoms with Crippen LogP contribution in [0.1, 0.15) is 5.69 Å². The number of halogens is 1. The fourth-order valence-electron chi connectivity index (χ4n) is 2.31. The van der Waals surface area contributed by atoms with Crippen molar-refractivity contribution in [1.82, 2.24) is 14.4 Å². The Hall–Kier alpha value is -2.16. The normalized spacial score (nSPS) is 11.4. The molecule has 0 saturated carbocycles. The summed E-state index contributed by atoms with van der Waals surface area (Å²) in [6.07, 6.45) is 1.87. The Morgan fingerprint density at radius 3 is 2.96 bits per heavy atom. The van der Waals surface area contributed by atoms with Crippen LogP contribution in [0.4, 0.5) is 5.69 Å². The molecule has 0 amide bonds. The van der Waals surface area contributed by atoms with Crippen molar-refractivity contribution in [2.24, 2.45) is 0 Å². The van der Waals surface area contributed by atoms with Gasteiger partial charge in [0.2, 0.25) is 0 Å². The molecule has 0 aliphatic rings. The molecule has 4 aromatic rings. The molecule has 3 aromatic heterocycles. The maximum atomic E-state index is 10.8. The number of aromatic nitrogens is 3. The second kappa shape index (κ2) is 6.04. The molecule has 0 atom stereocenters. The third-order valence-electron chi connectivity index (χ3n) is 3.43. The number of rotatable bonds is 4. The molecule has 0 bridgehead atoms. The molecule has 120 valence electrons. The minimum atomic E-state index is -0.415. The summed E-state index contributed by atoms with van der Waals surface area (Å²) in [5.41, 5.74) is 2.28. The first-order valence-electron chi connectivity index (χ1n) is 6.91. The van der Waals surface area contributed by atoms with Crippen LogP contribution in [0.5, 0.6) is 0 Å². The summed E-state index contributed by atoms with van der Waals surface area (Å²) in [5, 5.41) is 11.4. The molecule has 1 aromatic carbocycles. The van der Waals surface area contributed by atoms with E-state index in [-0.39, 0.29) is 5.69 Å². The van der Waals surface area contributed by atoms with Gasteiger partial charge in [0.25, 0.3) is 5.69 Å². The van der Waals surface area contributed by atoms with Crippen LogP contribution in [-0.2, 0) is 5.75 Å². The summed E-state index contributed by atoms with van der Waals surface area (Å²) in [6.45, 7) is 0. The summed E-state index contributed by atoms with van der Waals surface area (Å²) in [6, 6.07) is 10.4. The van der Waals surface area contributed by atoms with Crippen LogP contribution in [0.15, 0.2) is 46.9 Å². The van der Waals surface area contributed by atoms with Crippen LogP contribution in [0.25, 0.3) is 15.9 Å². The smallest absolute Gasteiger partial charge is 0.271 e. The molecule has 0 aliphatic heterocycles. The molecular weight excluding hydrogens is 368 g/mol. The van der Waals surface area contributed by atoms with E-state index in [1.54, 1.807) is 6.07 Å². The Labute approximate surface area is 149 Å². The van der Waals surface area contributed by atoms with Crippen molar-refractivity contribution in [3.05, 3.63) is 63.6 Å². The topological polar surface area (TPSA) is 73.3 Å². The number of imidazole rings is 1. The number of fused-ring (bicyclic) bond motifs is 2. The molecular formula is C15H9ClN4O2S2. The van der Waals surface area contributed by atoms with Crippen LogP contribution in [0, 0.1) is 10.1 Å². The number of thioether (sulfide) groups is 1. The number of hydrogen-bond acceptors (Lipinski definition) is 6. The molecule has 0 unspecified atom stereocenters. The lowest BCUT2D eigenvalue weighted by Crippen LogP contribution is -1.86. The lowest BCUT2D eigenvalue weighted by molar-refractivity contribution is -0.384. The van der Waals surface area contributed by atoms with Gasteiger partial charge in [0.15, 0.2) is 4.34 Å². The van der Waals surface area contributed by atoms with E-state index in [2.05, 4.69) is 9.97 Å². The molecule has 0 N–H and O–H groups in total. The van der Waals surface area contributed by atoms with Gasteiger partial charge in [-0.05, 0) is 18.2 Å². The molecule has 24 heavy (non-hydrogen) atoms. The SMILES string of the molecule is O=[N+]([O-])c1ccc2sc(SCc3nc4ccccn4c3Cl)nc2c1. The van der Waals surface area contributed by atoms with Gasteiger partial charge >= 0.3 is 0 Å². The lowest BCUT2D eigenvalue weighted by Gasteiger charge is -1.95. The quantitative estimate of drug-likeness (QED) is 0.290. The Morgan fingerprint density at radius 2 is 2.17 bits per heavy atom. The van der Waals surface area contributed by atoms with E-state index in [1.165, 1.54) is 35.2 Å². The van der Waals surface area contributed by atoms with Crippen molar-refractivity contribution in [3.8, 4) is 0 Å². The zero-order chi connectivity index (χ0) is 16.7. The van der Waals surface area contributed by atoms with Gasteiger partial charge in [-0.1, -0.05) is 29.4 Å². The Bertz CT molecular complexity index is 1080. The minimum Gasteiger partial charge on any atom is -0.290 e. The van der Waals surface area contributed by atoms with E-state index < -0.39 is 4.92 Å². The number of benzene rings is 1. The molecule has 0 aliphatic carbocycles. The first kappa shape index (κ1) is 15.4. The average molecular weight is 377 g/mol. The first-order chi connectivity index (χ1) is 11.6. The lowest BCUT2D eigenvalue weighted by atomic mass is 10.3. The van der Waals surface area contributed by atoms with Crippen molar-refractivity contribution in [1.29, 1.82) is 0 Å². The summed E-state index contributed by atoms with van der Waals surface area (Å²) in [7, 11) is 0. The van der Waals surface area contributed by atoms with Gasteiger partial charge in [-0.15, -0.1) is 11.3 Å². The summed E-state index contributed by atoms with van der Waals surface area (Å²) >= 11 is 9.37. The summed E-state index contributed by atoms with van der Waals surface area (Å²) in [4.78, 5) is 19.4. The van der Waals surface area contributed by atoms with Crippen molar-refractivity contribution in [2.45, 2.75) is 10.1 Å². The summed E-state index contributed by atoms with van der Waals surface area (Å²) < 4.78 is 3.59. The zero-order valence-electron chi connectivity index (χ0n) is 12.0. The number of pyridine rings is 1. The monoisotopic (exact) mass is 376 g/mol. The van der Waals surface area contributed by atoms with Crippen LogP contribution in [-0.4, -0.2) is 19.3 Å². The van der Waals surface area contributed by atoms with E-state index >= 15 is 0 Å². The maximum Gasteiger partial charge on any atom is 0.271 e. The van der Waals surface area contributed by atoms with Crippen molar-refractivity contribution in [3.63, 3.8) is 0 Å². The van der Waals surface area contributed by atoms with Crippen molar-refractivity contribution < 1.29 is 4.92 Å². The van der Waals surface area contributed by atoms with Crippen molar-refractivity contribution in [2.75, 3.05) is 0 Å². The zero-order valence-corrected chi connectivity index (χ0v) is 14.4. The van der Waals surface area contributed by atoms with Crippen LogP contribution in [0.3, 0.4) is 0 Å². The summed E-state index contributed by atoms with van der Waals surface area (Å²) in [5.74, 6) is 0.586. The van der Waals surface area contributed by atoms with Crippen LogP contribution < -0.4 is 0 Å². The number of nitro benzene ring substituents is 1. The van der Waals surface area contributed by atoms with E-state index in [9.17, 15) is 10.1 Å². The molecule has 0 spiro atoms. The third-order valence-corrected chi connectivity index (χ3v) is 6.02. The van der Waals surface area contributed by atoms with Gasteiger partial charge in [-0.2, -0.15) is 0 Å². The predicted molar refractivity (Wildman–Crippen MR) is 96.0 cm³/mol. The second-order valence-electron chi connectivity index (χ2n) is 4.96. The molecule has 4 rings (SSSR count). The number of hydrogen-bond donors (Lipinski definition) is 0. The first-order valence-corrected chi connectivity index (χ1v) is 9.09. The van der Waals surface area contributed by atoms with Gasteiger partial charge in [0.1, 0.15) is 10.8 Å². The highest BCUT2D eigenvalue weighted by Gasteiger charge is 2.13. The maximum absolute atomic E-state index is 10.8. The van der Waals surface area contributed by atoms with E-state index in [4.69, 9.17) is 11.6 Å². The van der Waals surface area contributed by atoms with Gasteiger partial charge in [-0.3, -0.25) is 14.5 Å². The van der Waals surface area contributed by atoms with E-state index in [1.807, 2.05) is 28.8 Å². The predicted octanol–water partition coefficient (Wildman–Crippen LogP) is 4.80. The fraction of sp³-hybridized carbons (Fsp3) is 0.0667. The largest absolute Gasteiger partial charge is 0.290 e. The number of non-ortho nitro benzene ring substituents is 1. The van der Waals surface area contributed by atoms with Gasteiger partial charge < -0.3 is 0 Å². The van der Waals surface area contributed by atoms with Crippen molar-refractivity contribution >= 4 is 56.3 Å². The number of nitro groups is 1. The molecule has 6 nitrogen and oxygen atoms in total. The fourth-order valence-corrected chi connectivity index (χ4v) is 4.62. The van der Waals surface area contributed by atoms with Gasteiger partial charge in [-0.25, -0.2) is 9.97 Å². The molecule has 0 fully saturated rings. The Kier molecular flexibility index (Phi) is 3.87. The average Bonchev–Trinajstić information content (AvgIpc) is 3.13. The standard InChI is InChI=1S/C15H9ClN4O2S2/c16-14-11(17-13-3-1-2-6-19(13)14)8-23-15-18-10-7-9(20(21)22)4-5-12(10)24-15/h1-7H,8H2. The highest BCUT2D eigenvalue weighted by Crippen LogP contribution is 2.34. The number of thiazole rings is 1. The van der Waals surface area contributed by atoms with E-state index in [0.29, 0.717) is 16.4 Å². The highest BCUT2D eigenvalue weighted by molar-refractivity contribution is 8.00. The van der Waals surface area contributed by atoms with E-state index in [0.717, 1.165) is 20.4 Å². The number of nitrogens with zero attached hydrogens (tertiary/aromatic N) is 4. The molecule has 3 heterocycles. The molecule has 9 heteroatoms. The minimum absolute atomic E-state index is 0.0488. The van der Waals surface area contributed by atoms with Crippen LogP contribution >= 0.6 is 34.7 Å². The Morgan fingerprint density at radius 1 is 1.29 bits per heavy atom. The second-order valence-corrected chi connectivity index (χ2v) is 7.57.